The highest BCUT2D eigenvalue weighted by atomic mass is 14.9. The van der Waals surface area contributed by atoms with Gasteiger partial charge < -0.3 is 5.32 Å². The summed E-state index contributed by atoms with van der Waals surface area (Å²) in [5.41, 5.74) is 2.02. The number of hydrogen-bond donors (Lipinski definition) is 1. The molecule has 0 aromatic heterocycles. The number of nitrogens with zero attached hydrogens (tertiary/aromatic N) is 1. The second kappa shape index (κ2) is 4.90. The fourth-order valence-corrected chi connectivity index (χ4v) is 5.25. The Morgan fingerprint density at radius 2 is 1.75 bits per heavy atom. The van der Waals surface area contributed by atoms with E-state index in [-0.39, 0.29) is 0 Å². The molecule has 5 rings (SSSR count). The van der Waals surface area contributed by atoms with E-state index in [9.17, 15) is 0 Å². The van der Waals surface area contributed by atoms with Crippen molar-refractivity contribution in [2.24, 2.45) is 23.7 Å². The first-order valence-electron chi connectivity index (χ1n) is 8.04. The van der Waals surface area contributed by atoms with E-state index in [0.29, 0.717) is 0 Å². The molecule has 4 aliphatic carbocycles. The van der Waals surface area contributed by atoms with E-state index in [0.717, 1.165) is 41.8 Å². The molecule has 1 aromatic carbocycles. The van der Waals surface area contributed by atoms with E-state index < -0.39 is 0 Å². The largest absolute Gasteiger partial charge is 0.309 e. The molecule has 1 aromatic rings. The summed E-state index contributed by atoms with van der Waals surface area (Å²) in [6, 6.07) is 11.0. The minimum absolute atomic E-state index is 0.730. The van der Waals surface area contributed by atoms with E-state index in [1.54, 1.807) is 0 Å². The average molecular weight is 266 g/mol. The van der Waals surface area contributed by atoms with Crippen LogP contribution in [0.2, 0.25) is 0 Å². The zero-order chi connectivity index (χ0) is 13.5. The van der Waals surface area contributed by atoms with E-state index in [2.05, 4.69) is 17.5 Å². The summed E-state index contributed by atoms with van der Waals surface area (Å²) in [5, 5.41) is 12.8. The lowest BCUT2D eigenvalue weighted by molar-refractivity contribution is -0.0142. The van der Waals surface area contributed by atoms with Gasteiger partial charge in [-0.15, -0.1) is 0 Å². The van der Waals surface area contributed by atoms with Crippen molar-refractivity contribution in [1.82, 2.24) is 5.32 Å². The van der Waals surface area contributed by atoms with Crippen molar-refractivity contribution in [3.05, 3.63) is 35.4 Å². The summed E-state index contributed by atoms with van der Waals surface area (Å²) in [6.45, 7) is 0.919. The van der Waals surface area contributed by atoms with Gasteiger partial charge in [-0.05, 0) is 73.5 Å². The van der Waals surface area contributed by atoms with Crippen molar-refractivity contribution in [2.45, 2.75) is 44.7 Å². The minimum Gasteiger partial charge on any atom is -0.309 e. The fraction of sp³-hybridized carbons (Fsp3) is 0.611. The molecule has 0 spiro atoms. The standard InChI is InChI=1S/C18H22N2/c19-10-12-2-1-3-13(4-12)11-20-18-16-6-14-5-15(8-16)9-17(18)7-14/h1-4,14-18,20H,5-9,11H2. The Labute approximate surface area is 121 Å². The van der Waals surface area contributed by atoms with Crippen molar-refractivity contribution in [2.75, 3.05) is 0 Å². The van der Waals surface area contributed by atoms with Crippen LogP contribution in [0.5, 0.6) is 0 Å². The maximum atomic E-state index is 8.97. The average Bonchev–Trinajstić information content (AvgIpc) is 2.46. The van der Waals surface area contributed by atoms with Crippen LogP contribution in [-0.4, -0.2) is 6.04 Å². The maximum Gasteiger partial charge on any atom is 0.0991 e. The van der Waals surface area contributed by atoms with Gasteiger partial charge in [-0.25, -0.2) is 0 Å². The van der Waals surface area contributed by atoms with Crippen LogP contribution in [0.4, 0.5) is 0 Å². The summed E-state index contributed by atoms with van der Waals surface area (Å²) in [4.78, 5) is 0. The Morgan fingerprint density at radius 1 is 1.05 bits per heavy atom. The van der Waals surface area contributed by atoms with Gasteiger partial charge >= 0.3 is 0 Å². The van der Waals surface area contributed by atoms with Crippen LogP contribution >= 0.6 is 0 Å². The number of hydrogen-bond acceptors (Lipinski definition) is 2. The van der Waals surface area contributed by atoms with Gasteiger partial charge in [-0.2, -0.15) is 5.26 Å². The third-order valence-corrected chi connectivity index (χ3v) is 5.82. The van der Waals surface area contributed by atoms with Gasteiger partial charge in [-0.1, -0.05) is 12.1 Å². The van der Waals surface area contributed by atoms with E-state index in [4.69, 9.17) is 5.26 Å². The molecule has 0 amide bonds. The van der Waals surface area contributed by atoms with Gasteiger partial charge in [0.2, 0.25) is 0 Å². The third kappa shape index (κ3) is 2.15. The summed E-state index contributed by atoms with van der Waals surface area (Å²) >= 11 is 0. The Hall–Kier alpha value is -1.33. The SMILES string of the molecule is N#Cc1cccc(CNC2C3CC4CC(C3)CC2C4)c1. The first-order chi connectivity index (χ1) is 9.81. The summed E-state index contributed by atoms with van der Waals surface area (Å²) in [5.74, 6) is 3.92. The summed E-state index contributed by atoms with van der Waals surface area (Å²) < 4.78 is 0. The van der Waals surface area contributed by atoms with Crippen LogP contribution in [0.1, 0.15) is 43.2 Å². The van der Waals surface area contributed by atoms with Crippen LogP contribution in [0, 0.1) is 35.0 Å². The zero-order valence-electron chi connectivity index (χ0n) is 11.9. The number of benzene rings is 1. The Kier molecular flexibility index (Phi) is 3.04. The normalized spacial score (nSPS) is 37.9. The highest BCUT2D eigenvalue weighted by molar-refractivity contribution is 5.32. The second-order valence-electron chi connectivity index (χ2n) is 7.15. The van der Waals surface area contributed by atoms with E-state index in [1.165, 1.54) is 37.7 Å². The molecule has 104 valence electrons. The molecule has 0 radical (unpaired) electrons. The smallest absolute Gasteiger partial charge is 0.0991 e. The molecule has 4 fully saturated rings. The van der Waals surface area contributed by atoms with E-state index >= 15 is 0 Å². The highest BCUT2D eigenvalue weighted by Crippen LogP contribution is 2.53. The highest BCUT2D eigenvalue weighted by Gasteiger charge is 2.47. The second-order valence-corrected chi connectivity index (χ2v) is 7.15. The lowest BCUT2D eigenvalue weighted by Gasteiger charge is -2.54. The molecule has 4 aliphatic rings. The Balaban J connectivity index is 1.43. The summed E-state index contributed by atoms with van der Waals surface area (Å²) in [6.07, 6.45) is 7.36. The molecule has 2 nitrogen and oxygen atoms in total. The molecule has 0 heterocycles. The van der Waals surface area contributed by atoms with Crippen molar-refractivity contribution < 1.29 is 0 Å². The van der Waals surface area contributed by atoms with Gasteiger partial charge in [0.15, 0.2) is 0 Å². The van der Waals surface area contributed by atoms with Gasteiger partial charge in [0, 0.05) is 12.6 Å². The van der Waals surface area contributed by atoms with Crippen LogP contribution in [0.25, 0.3) is 0 Å². The molecule has 0 aliphatic heterocycles. The molecule has 2 heteroatoms. The van der Waals surface area contributed by atoms with Crippen LogP contribution in [0.15, 0.2) is 24.3 Å². The molecule has 0 saturated heterocycles. The summed E-state index contributed by atoms with van der Waals surface area (Å²) in [7, 11) is 0. The first-order valence-corrected chi connectivity index (χ1v) is 8.04. The first kappa shape index (κ1) is 12.4. The predicted octanol–water partition coefficient (Wildman–Crippen LogP) is 3.47. The van der Waals surface area contributed by atoms with Gasteiger partial charge in [0.1, 0.15) is 0 Å². The Bertz CT molecular complexity index is 515. The Morgan fingerprint density at radius 3 is 2.40 bits per heavy atom. The van der Waals surface area contributed by atoms with Crippen LogP contribution in [0.3, 0.4) is 0 Å². The van der Waals surface area contributed by atoms with Crippen molar-refractivity contribution >= 4 is 0 Å². The molecule has 0 unspecified atom stereocenters. The van der Waals surface area contributed by atoms with Crippen molar-refractivity contribution in [1.29, 1.82) is 5.26 Å². The minimum atomic E-state index is 0.730. The zero-order valence-corrected chi connectivity index (χ0v) is 11.9. The van der Waals surface area contributed by atoms with Gasteiger partial charge in [-0.3, -0.25) is 0 Å². The number of nitriles is 1. The molecule has 4 bridgehead atoms. The lowest BCUT2D eigenvalue weighted by Crippen LogP contribution is -2.54. The van der Waals surface area contributed by atoms with Crippen LogP contribution < -0.4 is 5.32 Å². The molecular formula is C18H22N2. The monoisotopic (exact) mass is 266 g/mol. The van der Waals surface area contributed by atoms with Gasteiger partial charge in [0.05, 0.1) is 11.6 Å². The fourth-order valence-electron chi connectivity index (χ4n) is 5.25. The number of rotatable bonds is 3. The predicted molar refractivity (Wildman–Crippen MR) is 78.8 cm³/mol. The van der Waals surface area contributed by atoms with Crippen molar-refractivity contribution in [3.8, 4) is 6.07 Å². The molecule has 0 atom stereocenters. The quantitative estimate of drug-likeness (QED) is 0.909. The maximum absolute atomic E-state index is 8.97. The number of nitrogens with one attached hydrogen (secondary N) is 1. The topological polar surface area (TPSA) is 35.8 Å². The van der Waals surface area contributed by atoms with Crippen LogP contribution in [-0.2, 0) is 6.54 Å². The lowest BCUT2D eigenvalue weighted by atomic mass is 9.54. The third-order valence-electron chi connectivity index (χ3n) is 5.82. The molecular weight excluding hydrogens is 244 g/mol. The van der Waals surface area contributed by atoms with E-state index in [1.807, 2.05) is 18.2 Å². The van der Waals surface area contributed by atoms with Gasteiger partial charge in [0.25, 0.3) is 0 Å². The molecule has 4 saturated carbocycles. The van der Waals surface area contributed by atoms with Crippen molar-refractivity contribution in [3.63, 3.8) is 0 Å². The molecule has 1 N–H and O–H groups in total. The molecule has 20 heavy (non-hydrogen) atoms.